The lowest BCUT2D eigenvalue weighted by Gasteiger charge is -2.07. The van der Waals surface area contributed by atoms with Crippen molar-refractivity contribution in [3.8, 4) is 0 Å². The van der Waals surface area contributed by atoms with Crippen LogP contribution in [0.3, 0.4) is 0 Å². The van der Waals surface area contributed by atoms with Gasteiger partial charge >= 0.3 is 5.69 Å². The molecule has 0 unspecified atom stereocenters. The Balaban J connectivity index is 2.87. The van der Waals surface area contributed by atoms with Gasteiger partial charge < -0.3 is 11.1 Å². The molecule has 0 atom stereocenters. The normalized spacial score (nSPS) is 10.0. The van der Waals surface area contributed by atoms with Crippen molar-refractivity contribution in [3.05, 3.63) is 27.0 Å². The minimum Gasteiger partial charge on any atom is -0.378 e. The fraction of sp³-hybridized carbons (Fsp3) is 0.375. The Kier molecular flexibility index (Phi) is 4.44. The third-order valence-electron chi connectivity index (χ3n) is 1.76. The highest BCUT2D eigenvalue weighted by atomic mass is 79.9. The number of hydrogen-bond acceptors (Lipinski definition) is 5. The van der Waals surface area contributed by atoms with Gasteiger partial charge in [-0.05, 0) is 28.9 Å². The van der Waals surface area contributed by atoms with E-state index in [1.165, 1.54) is 12.4 Å². The molecule has 0 fully saturated rings. The fourth-order valence-electron chi connectivity index (χ4n) is 1.05. The molecule has 0 amide bonds. The number of nitro groups is 1. The van der Waals surface area contributed by atoms with Gasteiger partial charge in [0.1, 0.15) is 11.9 Å². The average Bonchev–Trinajstić information content (AvgIpc) is 2.20. The topological polar surface area (TPSA) is 94.1 Å². The first-order chi connectivity index (χ1) is 7.16. The van der Waals surface area contributed by atoms with E-state index in [2.05, 4.69) is 26.2 Å². The Hall–Kier alpha value is -1.21. The van der Waals surface area contributed by atoms with E-state index < -0.39 is 4.92 Å². The van der Waals surface area contributed by atoms with E-state index in [4.69, 9.17) is 5.73 Å². The zero-order valence-corrected chi connectivity index (χ0v) is 9.53. The maximum atomic E-state index is 10.7. The summed E-state index contributed by atoms with van der Waals surface area (Å²) in [5.74, 6) is 0. The number of halogens is 1. The van der Waals surface area contributed by atoms with Gasteiger partial charge in [-0.3, -0.25) is 15.1 Å². The second-order valence-electron chi connectivity index (χ2n) is 2.84. The van der Waals surface area contributed by atoms with Crippen LogP contribution in [0.5, 0.6) is 0 Å². The van der Waals surface area contributed by atoms with E-state index in [1.807, 2.05) is 0 Å². The summed E-state index contributed by atoms with van der Waals surface area (Å²) in [6.45, 7) is 1.14. The third-order valence-corrected chi connectivity index (χ3v) is 2.36. The van der Waals surface area contributed by atoms with E-state index in [0.717, 1.165) is 6.42 Å². The van der Waals surface area contributed by atoms with Crippen LogP contribution in [0, 0.1) is 10.1 Å². The van der Waals surface area contributed by atoms with Crippen LogP contribution in [0.15, 0.2) is 16.9 Å². The summed E-state index contributed by atoms with van der Waals surface area (Å²) in [5, 5.41) is 13.6. The number of pyridine rings is 1. The summed E-state index contributed by atoms with van der Waals surface area (Å²) < 4.78 is 0.578. The average molecular weight is 275 g/mol. The number of hydrogen-bond donors (Lipinski definition) is 2. The van der Waals surface area contributed by atoms with Crippen molar-refractivity contribution in [2.75, 3.05) is 18.4 Å². The minimum atomic E-state index is -0.470. The molecule has 0 bridgehead atoms. The lowest BCUT2D eigenvalue weighted by atomic mass is 10.3. The van der Waals surface area contributed by atoms with E-state index in [9.17, 15) is 10.1 Å². The van der Waals surface area contributed by atoms with Gasteiger partial charge in [0.2, 0.25) is 0 Å². The lowest BCUT2D eigenvalue weighted by Crippen LogP contribution is -2.10. The second-order valence-corrected chi connectivity index (χ2v) is 3.70. The van der Waals surface area contributed by atoms with E-state index in [1.54, 1.807) is 0 Å². The van der Waals surface area contributed by atoms with Crippen LogP contribution in [0.4, 0.5) is 11.4 Å². The van der Waals surface area contributed by atoms with E-state index >= 15 is 0 Å². The first-order valence-electron chi connectivity index (χ1n) is 4.38. The van der Waals surface area contributed by atoms with Crippen LogP contribution in [-0.4, -0.2) is 23.0 Å². The van der Waals surface area contributed by atoms with Crippen LogP contribution in [0.1, 0.15) is 6.42 Å². The van der Waals surface area contributed by atoms with Gasteiger partial charge in [-0.1, -0.05) is 0 Å². The van der Waals surface area contributed by atoms with Crippen LogP contribution in [0.25, 0.3) is 0 Å². The summed E-state index contributed by atoms with van der Waals surface area (Å²) in [5.41, 5.74) is 5.74. The standard InChI is InChI=1S/C8H11BrN4O2/c9-6-4-11-5-7(13(14)15)8(6)12-3-1-2-10/h4-5H,1-3,10H2,(H,11,12). The van der Waals surface area contributed by atoms with Crippen molar-refractivity contribution in [2.45, 2.75) is 6.42 Å². The van der Waals surface area contributed by atoms with Gasteiger partial charge in [-0.2, -0.15) is 0 Å². The number of nitrogens with one attached hydrogen (secondary N) is 1. The van der Waals surface area contributed by atoms with Crippen LogP contribution >= 0.6 is 15.9 Å². The van der Waals surface area contributed by atoms with E-state index in [-0.39, 0.29) is 5.69 Å². The molecule has 3 N–H and O–H groups in total. The van der Waals surface area contributed by atoms with E-state index in [0.29, 0.717) is 23.2 Å². The Morgan fingerprint density at radius 1 is 1.60 bits per heavy atom. The van der Waals surface area contributed by atoms with Gasteiger partial charge in [0, 0.05) is 12.7 Å². The van der Waals surface area contributed by atoms with Crippen molar-refractivity contribution < 1.29 is 4.92 Å². The minimum absolute atomic E-state index is 0.0404. The molecule has 1 rings (SSSR count). The molecule has 1 heterocycles. The molecule has 0 spiro atoms. The molecule has 0 saturated carbocycles. The molecule has 0 aliphatic heterocycles. The van der Waals surface area contributed by atoms with Crippen molar-refractivity contribution in [2.24, 2.45) is 5.73 Å². The van der Waals surface area contributed by atoms with Gasteiger partial charge in [0.05, 0.1) is 9.40 Å². The SMILES string of the molecule is NCCCNc1c(Br)cncc1[N+](=O)[O-]. The lowest BCUT2D eigenvalue weighted by molar-refractivity contribution is -0.384. The van der Waals surface area contributed by atoms with Crippen molar-refractivity contribution in [1.82, 2.24) is 4.98 Å². The first kappa shape index (κ1) is 11.9. The van der Waals surface area contributed by atoms with Gasteiger partial charge in [0.15, 0.2) is 0 Å². The predicted molar refractivity (Wildman–Crippen MR) is 60.8 cm³/mol. The van der Waals surface area contributed by atoms with Crippen molar-refractivity contribution in [3.63, 3.8) is 0 Å². The van der Waals surface area contributed by atoms with Gasteiger partial charge in [-0.15, -0.1) is 0 Å². The molecular formula is C8H11BrN4O2. The zero-order valence-electron chi connectivity index (χ0n) is 7.94. The molecule has 0 aromatic carbocycles. The summed E-state index contributed by atoms with van der Waals surface area (Å²) in [4.78, 5) is 14.0. The Labute approximate surface area is 95.2 Å². The molecule has 0 radical (unpaired) electrons. The highest BCUT2D eigenvalue weighted by molar-refractivity contribution is 9.10. The molecule has 0 aliphatic carbocycles. The van der Waals surface area contributed by atoms with Gasteiger partial charge in [0.25, 0.3) is 0 Å². The Morgan fingerprint density at radius 2 is 2.33 bits per heavy atom. The molecular weight excluding hydrogens is 264 g/mol. The molecule has 7 heteroatoms. The molecule has 82 valence electrons. The fourth-order valence-corrected chi connectivity index (χ4v) is 1.52. The Morgan fingerprint density at radius 3 is 2.93 bits per heavy atom. The van der Waals surface area contributed by atoms with Gasteiger partial charge in [-0.25, -0.2) is 0 Å². The summed E-state index contributed by atoms with van der Waals surface area (Å²) >= 11 is 3.21. The van der Waals surface area contributed by atoms with Crippen LogP contribution < -0.4 is 11.1 Å². The molecule has 0 aliphatic rings. The molecule has 1 aromatic heterocycles. The summed E-state index contributed by atoms with van der Waals surface area (Å²) in [7, 11) is 0. The quantitative estimate of drug-likeness (QED) is 0.482. The smallest absolute Gasteiger partial charge is 0.311 e. The highest BCUT2D eigenvalue weighted by Crippen LogP contribution is 2.30. The number of anilines is 1. The van der Waals surface area contributed by atoms with Crippen molar-refractivity contribution in [1.29, 1.82) is 0 Å². The van der Waals surface area contributed by atoms with Crippen molar-refractivity contribution >= 4 is 27.3 Å². The zero-order chi connectivity index (χ0) is 11.3. The summed E-state index contributed by atoms with van der Waals surface area (Å²) in [6.07, 6.45) is 3.49. The number of nitrogens with two attached hydrogens (primary N) is 1. The largest absolute Gasteiger partial charge is 0.378 e. The predicted octanol–water partition coefficient (Wildman–Crippen LogP) is 1.51. The maximum absolute atomic E-state index is 10.7. The Bertz CT molecular complexity index is 358. The van der Waals surface area contributed by atoms with Crippen LogP contribution in [0.2, 0.25) is 0 Å². The maximum Gasteiger partial charge on any atom is 0.311 e. The second kappa shape index (κ2) is 5.62. The number of rotatable bonds is 5. The number of aromatic nitrogens is 1. The molecule has 6 nitrogen and oxygen atoms in total. The third kappa shape index (κ3) is 3.14. The van der Waals surface area contributed by atoms with Crippen LogP contribution in [-0.2, 0) is 0 Å². The monoisotopic (exact) mass is 274 g/mol. The first-order valence-corrected chi connectivity index (χ1v) is 5.18. The molecule has 0 saturated heterocycles. The number of nitrogens with zero attached hydrogens (tertiary/aromatic N) is 2. The summed E-state index contributed by atoms with van der Waals surface area (Å²) in [6, 6.07) is 0. The molecule has 1 aromatic rings. The highest BCUT2D eigenvalue weighted by Gasteiger charge is 2.16. The molecule has 15 heavy (non-hydrogen) atoms.